The maximum absolute atomic E-state index is 6.07. The highest BCUT2D eigenvalue weighted by atomic mass is 32.2. The predicted molar refractivity (Wildman–Crippen MR) is 91.3 cm³/mol. The van der Waals surface area contributed by atoms with Crippen LogP contribution in [0.25, 0.3) is 0 Å². The molecule has 3 heterocycles. The first kappa shape index (κ1) is 15.6. The molecule has 0 aliphatic carbocycles. The molecule has 0 atom stereocenters. The fraction of sp³-hybridized carbons (Fsp3) is 0.800. The van der Waals surface area contributed by atoms with E-state index in [0.717, 1.165) is 62.8 Å². The van der Waals surface area contributed by atoms with Gasteiger partial charge in [0.25, 0.3) is 0 Å². The SMILES string of the molecule is NC(=NCCCc1nnc2n1CCCCC2)N1CCSCC1. The molecular formula is C15H26N6S. The topological polar surface area (TPSA) is 72.3 Å². The number of hydrogen-bond acceptors (Lipinski definition) is 4. The average molecular weight is 322 g/mol. The summed E-state index contributed by atoms with van der Waals surface area (Å²) < 4.78 is 2.32. The zero-order valence-corrected chi connectivity index (χ0v) is 14.0. The highest BCUT2D eigenvalue weighted by Gasteiger charge is 2.14. The van der Waals surface area contributed by atoms with Crippen molar-refractivity contribution in [2.45, 2.75) is 45.1 Å². The summed E-state index contributed by atoms with van der Waals surface area (Å²) >= 11 is 1.99. The molecule has 2 aliphatic rings. The van der Waals surface area contributed by atoms with Gasteiger partial charge >= 0.3 is 0 Å². The van der Waals surface area contributed by atoms with E-state index in [4.69, 9.17) is 5.73 Å². The van der Waals surface area contributed by atoms with Gasteiger partial charge in [0.15, 0.2) is 5.96 Å². The van der Waals surface area contributed by atoms with Crippen LogP contribution in [0.15, 0.2) is 4.99 Å². The smallest absolute Gasteiger partial charge is 0.191 e. The van der Waals surface area contributed by atoms with E-state index in [1.54, 1.807) is 0 Å². The third kappa shape index (κ3) is 3.94. The first-order valence-corrected chi connectivity index (χ1v) is 9.53. The lowest BCUT2D eigenvalue weighted by Gasteiger charge is -2.27. The zero-order chi connectivity index (χ0) is 15.2. The third-order valence-electron chi connectivity index (χ3n) is 4.35. The molecule has 1 fully saturated rings. The number of fused-ring (bicyclic) bond motifs is 1. The van der Waals surface area contributed by atoms with Gasteiger partial charge in [0.05, 0.1) is 0 Å². The molecule has 0 amide bonds. The van der Waals surface area contributed by atoms with Crippen LogP contribution in [0.4, 0.5) is 0 Å². The minimum absolute atomic E-state index is 0.709. The molecule has 2 aliphatic heterocycles. The van der Waals surface area contributed by atoms with Crippen molar-refractivity contribution in [3.63, 3.8) is 0 Å². The average Bonchev–Trinajstić information content (AvgIpc) is 2.79. The van der Waals surface area contributed by atoms with Crippen molar-refractivity contribution in [2.24, 2.45) is 10.7 Å². The first-order chi connectivity index (χ1) is 10.8. The number of guanidine groups is 1. The Bertz CT molecular complexity index is 506. The van der Waals surface area contributed by atoms with Gasteiger partial charge in [0.1, 0.15) is 11.6 Å². The molecule has 6 nitrogen and oxygen atoms in total. The molecule has 22 heavy (non-hydrogen) atoms. The lowest BCUT2D eigenvalue weighted by atomic mass is 10.2. The molecule has 1 aromatic rings. The van der Waals surface area contributed by atoms with E-state index in [1.807, 2.05) is 11.8 Å². The van der Waals surface area contributed by atoms with Crippen molar-refractivity contribution < 1.29 is 0 Å². The van der Waals surface area contributed by atoms with Crippen LogP contribution in [0.3, 0.4) is 0 Å². The molecule has 0 aromatic carbocycles. The number of aliphatic imine (C=N–C) groups is 1. The number of rotatable bonds is 4. The van der Waals surface area contributed by atoms with Crippen molar-refractivity contribution in [1.29, 1.82) is 0 Å². The van der Waals surface area contributed by atoms with E-state index in [9.17, 15) is 0 Å². The van der Waals surface area contributed by atoms with Crippen LogP contribution in [-0.4, -0.2) is 56.8 Å². The molecule has 0 bridgehead atoms. The van der Waals surface area contributed by atoms with Gasteiger partial charge in [-0.1, -0.05) is 6.42 Å². The minimum Gasteiger partial charge on any atom is -0.370 e. The third-order valence-corrected chi connectivity index (χ3v) is 5.30. The lowest BCUT2D eigenvalue weighted by Crippen LogP contribution is -2.42. The van der Waals surface area contributed by atoms with Crippen molar-refractivity contribution in [1.82, 2.24) is 19.7 Å². The molecule has 2 N–H and O–H groups in total. The number of thioether (sulfide) groups is 1. The monoisotopic (exact) mass is 322 g/mol. The highest BCUT2D eigenvalue weighted by molar-refractivity contribution is 7.99. The lowest BCUT2D eigenvalue weighted by molar-refractivity contribution is 0.455. The van der Waals surface area contributed by atoms with E-state index in [2.05, 4.69) is 24.7 Å². The van der Waals surface area contributed by atoms with Crippen LogP contribution in [-0.2, 0) is 19.4 Å². The van der Waals surface area contributed by atoms with Crippen molar-refractivity contribution in [3.8, 4) is 0 Å². The summed E-state index contributed by atoms with van der Waals surface area (Å²) in [5.74, 6) is 5.31. The van der Waals surface area contributed by atoms with Gasteiger partial charge in [-0.15, -0.1) is 10.2 Å². The Morgan fingerprint density at radius 2 is 2.00 bits per heavy atom. The van der Waals surface area contributed by atoms with Crippen LogP contribution < -0.4 is 5.73 Å². The van der Waals surface area contributed by atoms with Crippen molar-refractivity contribution >= 4 is 17.7 Å². The summed E-state index contributed by atoms with van der Waals surface area (Å²) in [4.78, 5) is 6.73. The van der Waals surface area contributed by atoms with Crippen LogP contribution in [0, 0.1) is 0 Å². The Morgan fingerprint density at radius 1 is 1.14 bits per heavy atom. The number of nitrogens with zero attached hydrogens (tertiary/aromatic N) is 5. The Kier molecular flexibility index (Phi) is 5.58. The molecule has 7 heteroatoms. The van der Waals surface area contributed by atoms with Crippen molar-refractivity contribution in [2.75, 3.05) is 31.1 Å². The van der Waals surface area contributed by atoms with Gasteiger partial charge in [-0.2, -0.15) is 11.8 Å². The maximum Gasteiger partial charge on any atom is 0.191 e. The van der Waals surface area contributed by atoms with Crippen molar-refractivity contribution in [3.05, 3.63) is 11.6 Å². The molecule has 0 spiro atoms. The molecular weight excluding hydrogens is 296 g/mol. The quantitative estimate of drug-likeness (QED) is 0.514. The Labute approximate surface area is 136 Å². The summed E-state index contributed by atoms with van der Waals surface area (Å²) in [5.41, 5.74) is 6.07. The normalized spacial score (nSPS) is 19.8. The summed E-state index contributed by atoms with van der Waals surface area (Å²) in [6.45, 7) is 3.90. The fourth-order valence-corrected chi connectivity index (χ4v) is 3.96. The summed E-state index contributed by atoms with van der Waals surface area (Å²) in [6, 6.07) is 0. The molecule has 3 rings (SSSR count). The van der Waals surface area contributed by atoms with Crippen LogP contribution in [0.2, 0.25) is 0 Å². The molecule has 0 saturated carbocycles. The first-order valence-electron chi connectivity index (χ1n) is 8.38. The van der Waals surface area contributed by atoms with E-state index >= 15 is 0 Å². The second kappa shape index (κ2) is 7.85. The van der Waals surface area contributed by atoms with Gasteiger partial charge in [0, 0.05) is 50.5 Å². The number of nitrogens with two attached hydrogens (primary N) is 1. The fourth-order valence-electron chi connectivity index (χ4n) is 3.05. The van der Waals surface area contributed by atoms with Gasteiger partial charge in [-0.05, 0) is 19.3 Å². The highest BCUT2D eigenvalue weighted by Crippen LogP contribution is 2.15. The summed E-state index contributed by atoms with van der Waals surface area (Å²) in [5, 5.41) is 8.71. The molecule has 122 valence electrons. The molecule has 1 aromatic heterocycles. The van der Waals surface area contributed by atoms with Gasteiger partial charge in [-0.3, -0.25) is 4.99 Å². The van der Waals surface area contributed by atoms with E-state index in [-0.39, 0.29) is 0 Å². The van der Waals surface area contributed by atoms with Gasteiger partial charge in [0.2, 0.25) is 0 Å². The predicted octanol–water partition coefficient (Wildman–Crippen LogP) is 1.30. The van der Waals surface area contributed by atoms with E-state index in [0.29, 0.717) is 5.96 Å². The molecule has 1 saturated heterocycles. The van der Waals surface area contributed by atoms with Crippen LogP contribution in [0.1, 0.15) is 37.3 Å². The second-order valence-corrected chi connectivity index (χ2v) is 7.16. The van der Waals surface area contributed by atoms with E-state index in [1.165, 1.54) is 25.1 Å². The van der Waals surface area contributed by atoms with Crippen LogP contribution in [0.5, 0.6) is 0 Å². The van der Waals surface area contributed by atoms with Gasteiger partial charge < -0.3 is 15.2 Å². The Morgan fingerprint density at radius 3 is 2.86 bits per heavy atom. The van der Waals surface area contributed by atoms with Crippen LogP contribution >= 0.6 is 11.8 Å². The largest absolute Gasteiger partial charge is 0.370 e. The Hall–Kier alpha value is -1.24. The summed E-state index contributed by atoms with van der Waals surface area (Å²) in [6.07, 6.45) is 6.80. The molecule has 0 radical (unpaired) electrons. The van der Waals surface area contributed by atoms with Gasteiger partial charge in [-0.25, -0.2) is 0 Å². The van der Waals surface area contributed by atoms with E-state index < -0.39 is 0 Å². The Balaban J connectivity index is 1.48. The number of aryl methyl sites for hydroxylation is 2. The number of hydrogen-bond donors (Lipinski definition) is 1. The molecule has 0 unspecified atom stereocenters. The number of aromatic nitrogens is 3. The maximum atomic E-state index is 6.07. The minimum atomic E-state index is 0.709. The summed E-state index contributed by atoms with van der Waals surface area (Å²) in [7, 11) is 0. The standard InChI is InChI=1S/C15H26N6S/c16-15(20-9-11-22-12-10-20)17-7-4-6-14-19-18-13-5-2-1-3-8-21(13)14/h1-12H2,(H2,16,17). The zero-order valence-electron chi connectivity index (χ0n) is 13.2. The second-order valence-electron chi connectivity index (χ2n) is 5.94.